The fourth-order valence-corrected chi connectivity index (χ4v) is 1.94. The molecule has 0 saturated heterocycles. The summed E-state index contributed by atoms with van der Waals surface area (Å²) in [4.78, 5) is 9.02. The molecule has 1 aromatic heterocycles. The van der Waals surface area contributed by atoms with Crippen molar-refractivity contribution < 1.29 is 4.74 Å². The average Bonchev–Trinajstić information content (AvgIpc) is 2.38. The summed E-state index contributed by atoms with van der Waals surface area (Å²) in [6.45, 7) is 6.88. The Labute approximate surface area is 113 Å². The van der Waals surface area contributed by atoms with Gasteiger partial charge >= 0.3 is 0 Å². The van der Waals surface area contributed by atoms with Crippen molar-refractivity contribution in [2.24, 2.45) is 0 Å². The van der Waals surface area contributed by atoms with Gasteiger partial charge in [-0.25, -0.2) is 9.97 Å². The van der Waals surface area contributed by atoms with Gasteiger partial charge in [0.1, 0.15) is 11.6 Å². The van der Waals surface area contributed by atoms with Gasteiger partial charge < -0.3 is 10.1 Å². The molecule has 0 unspecified atom stereocenters. The number of hydrogen-bond donors (Lipinski definition) is 1. The van der Waals surface area contributed by atoms with Crippen molar-refractivity contribution in [2.75, 3.05) is 19.0 Å². The van der Waals surface area contributed by atoms with Crippen molar-refractivity contribution >= 4 is 5.82 Å². The van der Waals surface area contributed by atoms with Crippen LogP contribution in [0.3, 0.4) is 0 Å². The van der Waals surface area contributed by atoms with E-state index in [9.17, 15) is 0 Å². The molecule has 2 rings (SSSR count). The van der Waals surface area contributed by atoms with Crippen molar-refractivity contribution in [3.63, 3.8) is 0 Å². The van der Waals surface area contributed by atoms with Crippen molar-refractivity contribution in [3.05, 3.63) is 35.5 Å². The van der Waals surface area contributed by atoms with E-state index in [1.54, 1.807) is 7.11 Å². The second-order valence-corrected chi connectivity index (χ2v) is 4.45. The summed E-state index contributed by atoms with van der Waals surface area (Å²) in [5.74, 6) is 2.33. The van der Waals surface area contributed by atoms with Crippen molar-refractivity contribution in [2.45, 2.75) is 20.8 Å². The third-order valence-corrected chi connectivity index (χ3v) is 2.81. The molecule has 0 saturated carbocycles. The summed E-state index contributed by atoms with van der Waals surface area (Å²) >= 11 is 0. The lowest BCUT2D eigenvalue weighted by molar-refractivity contribution is 0.416. The molecule has 0 bridgehead atoms. The van der Waals surface area contributed by atoms with Gasteiger partial charge in [-0.3, -0.25) is 0 Å². The minimum atomic E-state index is 0.688. The van der Waals surface area contributed by atoms with E-state index in [0.29, 0.717) is 5.82 Å². The number of ether oxygens (including phenoxy) is 1. The zero-order valence-electron chi connectivity index (χ0n) is 11.8. The van der Waals surface area contributed by atoms with E-state index in [4.69, 9.17) is 4.74 Å². The lowest BCUT2D eigenvalue weighted by Crippen LogP contribution is -2.03. The topological polar surface area (TPSA) is 47.0 Å². The Morgan fingerprint density at radius 3 is 2.63 bits per heavy atom. The lowest BCUT2D eigenvalue weighted by Gasteiger charge is -2.11. The molecular formula is C15H19N3O. The fourth-order valence-electron chi connectivity index (χ4n) is 1.94. The van der Waals surface area contributed by atoms with E-state index in [-0.39, 0.29) is 0 Å². The molecule has 19 heavy (non-hydrogen) atoms. The predicted octanol–water partition coefficient (Wildman–Crippen LogP) is 3.20. The normalized spacial score (nSPS) is 10.3. The van der Waals surface area contributed by atoms with Crippen LogP contribution < -0.4 is 10.1 Å². The molecule has 0 aliphatic heterocycles. The quantitative estimate of drug-likeness (QED) is 0.913. The van der Waals surface area contributed by atoms with Gasteiger partial charge in [-0.1, -0.05) is 6.07 Å². The minimum absolute atomic E-state index is 0.688. The lowest BCUT2D eigenvalue weighted by atomic mass is 10.1. The maximum Gasteiger partial charge on any atom is 0.165 e. The van der Waals surface area contributed by atoms with Crippen LogP contribution in [0.2, 0.25) is 0 Å². The Bertz CT molecular complexity index is 582. The number of nitrogens with zero attached hydrogens (tertiary/aromatic N) is 2. The van der Waals surface area contributed by atoms with Crippen LogP contribution in [0.1, 0.15) is 18.2 Å². The number of rotatable bonds is 4. The van der Waals surface area contributed by atoms with E-state index in [0.717, 1.165) is 34.9 Å². The standard InChI is InChI=1S/C15H19N3O/c1-5-16-14-9-11(3)17-15(18-14)12-7-6-10(2)8-13(12)19-4/h6-9H,5H2,1-4H3,(H,16,17,18). The summed E-state index contributed by atoms with van der Waals surface area (Å²) < 4.78 is 5.42. The van der Waals surface area contributed by atoms with Gasteiger partial charge in [-0.15, -0.1) is 0 Å². The van der Waals surface area contributed by atoms with Crippen molar-refractivity contribution in [3.8, 4) is 17.1 Å². The minimum Gasteiger partial charge on any atom is -0.496 e. The van der Waals surface area contributed by atoms with Gasteiger partial charge in [0.05, 0.1) is 12.7 Å². The molecule has 1 heterocycles. The molecule has 2 aromatic rings. The van der Waals surface area contributed by atoms with Crippen LogP contribution in [0.4, 0.5) is 5.82 Å². The van der Waals surface area contributed by atoms with Crippen LogP contribution in [0.5, 0.6) is 5.75 Å². The Morgan fingerprint density at radius 2 is 1.95 bits per heavy atom. The van der Waals surface area contributed by atoms with E-state index >= 15 is 0 Å². The van der Waals surface area contributed by atoms with Crippen LogP contribution in [-0.4, -0.2) is 23.6 Å². The largest absolute Gasteiger partial charge is 0.496 e. The van der Waals surface area contributed by atoms with Crippen molar-refractivity contribution in [1.82, 2.24) is 9.97 Å². The van der Waals surface area contributed by atoms with Gasteiger partial charge in [0.15, 0.2) is 5.82 Å². The number of hydrogen-bond acceptors (Lipinski definition) is 4. The van der Waals surface area contributed by atoms with Crippen LogP contribution in [0.25, 0.3) is 11.4 Å². The second kappa shape index (κ2) is 5.69. The number of methoxy groups -OCH3 is 1. The number of aryl methyl sites for hydroxylation is 2. The van der Waals surface area contributed by atoms with E-state index < -0.39 is 0 Å². The number of aromatic nitrogens is 2. The first-order valence-electron chi connectivity index (χ1n) is 6.38. The first-order valence-corrected chi connectivity index (χ1v) is 6.38. The molecule has 4 heteroatoms. The molecule has 1 N–H and O–H groups in total. The SMILES string of the molecule is CCNc1cc(C)nc(-c2ccc(C)cc2OC)n1. The van der Waals surface area contributed by atoms with Crippen LogP contribution in [-0.2, 0) is 0 Å². The molecule has 0 radical (unpaired) electrons. The predicted molar refractivity (Wildman–Crippen MR) is 77.7 cm³/mol. The van der Waals surface area contributed by atoms with E-state index in [1.807, 2.05) is 45.0 Å². The number of nitrogens with one attached hydrogen (secondary N) is 1. The highest BCUT2D eigenvalue weighted by Crippen LogP contribution is 2.29. The molecule has 0 aliphatic rings. The summed E-state index contributed by atoms with van der Waals surface area (Å²) in [5, 5.41) is 3.22. The summed E-state index contributed by atoms with van der Waals surface area (Å²) in [6, 6.07) is 7.97. The highest BCUT2D eigenvalue weighted by atomic mass is 16.5. The first kappa shape index (κ1) is 13.3. The van der Waals surface area contributed by atoms with Crippen LogP contribution >= 0.6 is 0 Å². The highest BCUT2D eigenvalue weighted by Gasteiger charge is 2.10. The zero-order valence-corrected chi connectivity index (χ0v) is 11.8. The summed E-state index contributed by atoms with van der Waals surface area (Å²) in [7, 11) is 1.67. The molecule has 1 aromatic carbocycles. The van der Waals surface area contributed by atoms with Gasteiger partial charge in [-0.05, 0) is 38.5 Å². The zero-order chi connectivity index (χ0) is 13.8. The molecule has 0 fully saturated rings. The van der Waals surface area contributed by atoms with E-state index in [1.165, 1.54) is 0 Å². The van der Waals surface area contributed by atoms with Gasteiger partial charge in [-0.2, -0.15) is 0 Å². The number of benzene rings is 1. The maximum atomic E-state index is 5.42. The van der Waals surface area contributed by atoms with Crippen LogP contribution in [0, 0.1) is 13.8 Å². The molecule has 0 amide bonds. The van der Waals surface area contributed by atoms with Crippen molar-refractivity contribution in [1.29, 1.82) is 0 Å². The Balaban J connectivity index is 2.51. The Morgan fingerprint density at radius 1 is 1.16 bits per heavy atom. The van der Waals surface area contributed by atoms with Crippen LogP contribution in [0.15, 0.2) is 24.3 Å². The van der Waals surface area contributed by atoms with Gasteiger partial charge in [0.25, 0.3) is 0 Å². The maximum absolute atomic E-state index is 5.42. The second-order valence-electron chi connectivity index (χ2n) is 4.45. The third-order valence-electron chi connectivity index (χ3n) is 2.81. The molecular weight excluding hydrogens is 238 g/mol. The molecule has 0 atom stereocenters. The third kappa shape index (κ3) is 3.02. The number of anilines is 1. The highest BCUT2D eigenvalue weighted by molar-refractivity contribution is 5.66. The van der Waals surface area contributed by atoms with Gasteiger partial charge in [0.2, 0.25) is 0 Å². The Kier molecular flexibility index (Phi) is 4.00. The smallest absolute Gasteiger partial charge is 0.165 e. The monoisotopic (exact) mass is 257 g/mol. The molecule has 0 aliphatic carbocycles. The molecule has 4 nitrogen and oxygen atoms in total. The van der Waals surface area contributed by atoms with E-state index in [2.05, 4.69) is 15.3 Å². The molecule has 100 valence electrons. The van der Waals surface area contributed by atoms with Gasteiger partial charge in [0, 0.05) is 18.3 Å². The summed E-state index contributed by atoms with van der Waals surface area (Å²) in [5.41, 5.74) is 3.00. The fraction of sp³-hybridized carbons (Fsp3) is 0.333. The Hall–Kier alpha value is -2.10. The first-order chi connectivity index (χ1) is 9.13. The average molecular weight is 257 g/mol. The molecule has 0 spiro atoms. The summed E-state index contributed by atoms with van der Waals surface area (Å²) in [6.07, 6.45) is 0.